The summed E-state index contributed by atoms with van der Waals surface area (Å²) >= 11 is 1.18. The van der Waals surface area contributed by atoms with Gasteiger partial charge in [-0.05, 0) is 37.4 Å². The number of piperidine rings is 1. The fourth-order valence-corrected chi connectivity index (χ4v) is 4.44. The fraction of sp³-hybridized carbons (Fsp3) is 0.600. The summed E-state index contributed by atoms with van der Waals surface area (Å²) < 4.78 is 32.3. The number of hydrogen-bond acceptors (Lipinski definition) is 5. The maximum absolute atomic E-state index is 12.1. The van der Waals surface area contributed by atoms with Crippen LogP contribution in [0.15, 0.2) is 15.7 Å². The van der Waals surface area contributed by atoms with Crippen LogP contribution in [-0.4, -0.2) is 34.7 Å². The summed E-state index contributed by atoms with van der Waals surface area (Å²) in [7, 11) is -1.97. The van der Waals surface area contributed by atoms with Gasteiger partial charge in [-0.3, -0.25) is 0 Å². The van der Waals surface area contributed by atoms with Crippen LogP contribution in [-0.2, 0) is 10.0 Å². The van der Waals surface area contributed by atoms with E-state index >= 15 is 0 Å². The lowest BCUT2D eigenvalue weighted by Crippen LogP contribution is -2.42. The van der Waals surface area contributed by atoms with E-state index in [2.05, 4.69) is 10.0 Å². The highest BCUT2D eigenvalue weighted by molar-refractivity contribution is 7.91. The Morgan fingerprint density at radius 2 is 2.18 bits per heavy atom. The molecule has 2 heterocycles. The van der Waals surface area contributed by atoms with Gasteiger partial charge < -0.3 is 10.1 Å². The van der Waals surface area contributed by atoms with E-state index in [4.69, 9.17) is 4.74 Å². The van der Waals surface area contributed by atoms with E-state index in [1.54, 1.807) is 11.4 Å². The molecule has 1 saturated heterocycles. The van der Waals surface area contributed by atoms with Gasteiger partial charge in [-0.2, -0.15) is 0 Å². The van der Waals surface area contributed by atoms with Crippen molar-refractivity contribution in [1.82, 2.24) is 10.0 Å². The van der Waals surface area contributed by atoms with Gasteiger partial charge in [-0.1, -0.05) is 0 Å². The van der Waals surface area contributed by atoms with Crippen molar-refractivity contribution < 1.29 is 13.2 Å². The van der Waals surface area contributed by atoms with Crippen LogP contribution in [0.2, 0.25) is 0 Å². The third kappa shape index (κ3) is 2.98. The number of sulfonamides is 1. The van der Waals surface area contributed by atoms with Gasteiger partial charge in [0, 0.05) is 6.04 Å². The molecule has 0 unspecified atom stereocenters. The molecule has 0 radical (unpaired) electrons. The summed E-state index contributed by atoms with van der Waals surface area (Å²) in [6.07, 6.45) is 1.65. The highest BCUT2D eigenvalue weighted by atomic mass is 32.2. The van der Waals surface area contributed by atoms with E-state index in [-0.39, 0.29) is 10.3 Å². The minimum absolute atomic E-state index is 0.0213. The Hall–Kier alpha value is -0.630. The van der Waals surface area contributed by atoms with Crippen molar-refractivity contribution in [2.45, 2.75) is 23.1 Å². The lowest BCUT2D eigenvalue weighted by Gasteiger charge is -2.23. The van der Waals surface area contributed by atoms with Gasteiger partial charge in [0.05, 0.1) is 7.11 Å². The van der Waals surface area contributed by atoms with Gasteiger partial charge in [0.2, 0.25) is 0 Å². The maximum atomic E-state index is 12.1. The van der Waals surface area contributed by atoms with Crippen molar-refractivity contribution in [2.75, 3.05) is 20.2 Å². The Bertz CT molecular complexity index is 464. The van der Waals surface area contributed by atoms with E-state index in [1.807, 2.05) is 0 Å². The van der Waals surface area contributed by atoms with Crippen molar-refractivity contribution in [1.29, 1.82) is 0 Å². The van der Waals surface area contributed by atoms with Gasteiger partial charge in [-0.15, -0.1) is 11.3 Å². The summed E-state index contributed by atoms with van der Waals surface area (Å²) in [6, 6.07) is 1.69. The zero-order chi connectivity index (χ0) is 12.3. The van der Waals surface area contributed by atoms with Gasteiger partial charge >= 0.3 is 0 Å². The Kier molecular flexibility index (Phi) is 4.03. The molecule has 2 rings (SSSR count). The summed E-state index contributed by atoms with van der Waals surface area (Å²) in [5, 5.41) is 4.92. The second kappa shape index (κ2) is 5.34. The maximum Gasteiger partial charge on any atom is 0.254 e. The van der Waals surface area contributed by atoms with E-state index in [1.165, 1.54) is 18.4 Å². The largest absolute Gasteiger partial charge is 0.494 e. The topological polar surface area (TPSA) is 67.4 Å². The van der Waals surface area contributed by atoms with Crippen molar-refractivity contribution >= 4 is 21.4 Å². The zero-order valence-electron chi connectivity index (χ0n) is 9.60. The van der Waals surface area contributed by atoms with Crippen molar-refractivity contribution in [3.05, 3.63) is 11.4 Å². The monoisotopic (exact) mass is 276 g/mol. The minimum Gasteiger partial charge on any atom is -0.494 e. The predicted molar refractivity (Wildman–Crippen MR) is 67.1 cm³/mol. The zero-order valence-corrected chi connectivity index (χ0v) is 11.2. The Morgan fingerprint density at radius 1 is 1.47 bits per heavy atom. The molecule has 96 valence electrons. The molecule has 2 N–H and O–H groups in total. The van der Waals surface area contributed by atoms with E-state index in [0.717, 1.165) is 25.9 Å². The van der Waals surface area contributed by atoms with Crippen LogP contribution in [0.25, 0.3) is 0 Å². The Balaban J connectivity index is 2.13. The van der Waals surface area contributed by atoms with Crippen LogP contribution in [0, 0.1) is 0 Å². The first-order chi connectivity index (χ1) is 8.13. The molecule has 0 aliphatic carbocycles. The third-order valence-corrected chi connectivity index (χ3v) is 5.69. The molecule has 17 heavy (non-hydrogen) atoms. The van der Waals surface area contributed by atoms with Crippen molar-refractivity contribution in [3.8, 4) is 5.75 Å². The summed E-state index contributed by atoms with van der Waals surface area (Å²) in [5.41, 5.74) is 0. The fourth-order valence-electron chi connectivity index (χ4n) is 1.84. The second-order valence-corrected chi connectivity index (χ2v) is 6.75. The molecular formula is C10H16N2O3S2. The quantitative estimate of drug-likeness (QED) is 0.853. The first-order valence-electron chi connectivity index (χ1n) is 5.48. The number of hydrogen-bond donors (Lipinski definition) is 2. The van der Waals surface area contributed by atoms with Gasteiger partial charge in [-0.25, -0.2) is 13.1 Å². The summed E-state index contributed by atoms with van der Waals surface area (Å²) in [5.74, 6) is 0.413. The minimum atomic E-state index is -3.44. The van der Waals surface area contributed by atoms with E-state index in [0.29, 0.717) is 5.75 Å². The van der Waals surface area contributed by atoms with Crippen LogP contribution in [0.3, 0.4) is 0 Å². The van der Waals surface area contributed by atoms with Gasteiger partial charge in [0.25, 0.3) is 10.0 Å². The molecule has 0 saturated carbocycles. The SMILES string of the molecule is COc1ccsc1S(=O)(=O)NC1CCNCC1. The van der Waals surface area contributed by atoms with Gasteiger partial charge in [0.1, 0.15) is 5.75 Å². The molecule has 1 aliphatic heterocycles. The molecule has 1 fully saturated rings. The van der Waals surface area contributed by atoms with Gasteiger partial charge in [0.15, 0.2) is 4.21 Å². The van der Waals surface area contributed by atoms with Crippen LogP contribution < -0.4 is 14.8 Å². The lowest BCUT2D eigenvalue weighted by molar-refractivity contribution is 0.403. The van der Waals surface area contributed by atoms with Crippen molar-refractivity contribution in [2.24, 2.45) is 0 Å². The molecule has 0 amide bonds. The standard InChI is InChI=1S/C10H16N2O3S2/c1-15-9-4-7-16-10(9)17(13,14)12-8-2-5-11-6-3-8/h4,7-8,11-12H,2-3,5-6H2,1H3. The predicted octanol–water partition coefficient (Wildman–Crippen LogP) is 0.787. The molecule has 0 bridgehead atoms. The first-order valence-corrected chi connectivity index (χ1v) is 7.84. The molecule has 1 aromatic rings. The van der Waals surface area contributed by atoms with Crippen molar-refractivity contribution in [3.63, 3.8) is 0 Å². The highest BCUT2D eigenvalue weighted by Crippen LogP contribution is 2.29. The molecule has 5 nitrogen and oxygen atoms in total. The highest BCUT2D eigenvalue weighted by Gasteiger charge is 2.25. The smallest absolute Gasteiger partial charge is 0.254 e. The Morgan fingerprint density at radius 3 is 2.82 bits per heavy atom. The van der Waals surface area contributed by atoms with E-state index < -0.39 is 10.0 Å². The Labute approximate surface area is 105 Å². The van der Waals surface area contributed by atoms with Crippen LogP contribution in [0.1, 0.15) is 12.8 Å². The van der Waals surface area contributed by atoms with Crippen LogP contribution >= 0.6 is 11.3 Å². The molecule has 7 heteroatoms. The molecule has 1 aromatic heterocycles. The van der Waals surface area contributed by atoms with Crippen LogP contribution in [0.5, 0.6) is 5.75 Å². The number of nitrogens with one attached hydrogen (secondary N) is 2. The molecule has 1 aliphatic rings. The van der Waals surface area contributed by atoms with E-state index in [9.17, 15) is 8.42 Å². The third-order valence-electron chi connectivity index (χ3n) is 2.72. The average molecular weight is 276 g/mol. The molecule has 0 atom stereocenters. The second-order valence-electron chi connectivity index (χ2n) is 3.92. The summed E-state index contributed by atoms with van der Waals surface area (Å²) in [6.45, 7) is 1.71. The number of thiophene rings is 1. The number of methoxy groups -OCH3 is 1. The normalized spacial score (nSPS) is 18.2. The number of ether oxygens (including phenoxy) is 1. The first kappa shape index (κ1) is 12.8. The summed E-state index contributed by atoms with van der Waals surface area (Å²) in [4.78, 5) is 0. The lowest BCUT2D eigenvalue weighted by atomic mass is 10.1. The van der Waals surface area contributed by atoms with Crippen LogP contribution in [0.4, 0.5) is 0 Å². The number of rotatable bonds is 4. The molecule has 0 spiro atoms. The molecule has 0 aromatic carbocycles. The average Bonchev–Trinajstić information content (AvgIpc) is 2.78. The molecular weight excluding hydrogens is 260 g/mol.